The summed E-state index contributed by atoms with van der Waals surface area (Å²) in [4.78, 5) is 4.30. The van der Waals surface area contributed by atoms with Gasteiger partial charge in [-0.2, -0.15) is 9.29 Å². The summed E-state index contributed by atoms with van der Waals surface area (Å²) < 4.78 is 46.7. The highest BCUT2D eigenvalue weighted by Crippen LogP contribution is 2.36. The van der Waals surface area contributed by atoms with Crippen LogP contribution in [0.15, 0.2) is 51.9 Å². The van der Waals surface area contributed by atoms with E-state index in [9.17, 15) is 12.8 Å². The van der Waals surface area contributed by atoms with Gasteiger partial charge in [-0.1, -0.05) is 22.8 Å². The molecule has 0 bridgehead atoms. The monoisotopic (exact) mass is 421 g/mol. The van der Waals surface area contributed by atoms with Crippen molar-refractivity contribution in [1.29, 1.82) is 0 Å². The summed E-state index contributed by atoms with van der Waals surface area (Å²) in [6, 6.07) is 10.3. The molecule has 0 spiro atoms. The Balaban J connectivity index is 1.65. The van der Waals surface area contributed by atoms with Gasteiger partial charge in [0.1, 0.15) is 11.9 Å². The van der Waals surface area contributed by atoms with Crippen LogP contribution in [0.2, 0.25) is 5.02 Å². The summed E-state index contributed by atoms with van der Waals surface area (Å²) in [6.07, 6.45) is 1.20. The molecule has 1 saturated heterocycles. The molecule has 1 aliphatic heterocycles. The van der Waals surface area contributed by atoms with E-state index < -0.39 is 21.9 Å². The highest BCUT2D eigenvalue weighted by Gasteiger charge is 2.39. The molecule has 0 saturated carbocycles. The van der Waals surface area contributed by atoms with E-state index in [0.717, 1.165) is 6.07 Å². The fraction of sp³-hybridized carbons (Fsp3) is 0.263. The van der Waals surface area contributed by atoms with Gasteiger partial charge in [0.25, 0.3) is 0 Å². The number of aromatic nitrogens is 2. The zero-order valence-electron chi connectivity index (χ0n) is 15.0. The van der Waals surface area contributed by atoms with Crippen LogP contribution in [0.3, 0.4) is 0 Å². The third-order valence-corrected chi connectivity index (χ3v) is 6.94. The van der Waals surface area contributed by atoms with Gasteiger partial charge in [-0.3, -0.25) is 0 Å². The summed E-state index contributed by atoms with van der Waals surface area (Å²) in [7, 11) is -3.89. The Kier molecular flexibility index (Phi) is 4.95. The smallest absolute Gasteiger partial charge is 0.245 e. The van der Waals surface area contributed by atoms with Crippen molar-refractivity contribution in [3.8, 4) is 11.4 Å². The number of rotatable bonds is 4. The first-order chi connectivity index (χ1) is 13.4. The van der Waals surface area contributed by atoms with E-state index in [4.69, 9.17) is 16.1 Å². The molecule has 6 nitrogen and oxygen atoms in total. The summed E-state index contributed by atoms with van der Waals surface area (Å²) in [6.45, 7) is 1.89. The highest BCUT2D eigenvalue weighted by molar-refractivity contribution is 7.89. The Labute approximate surface area is 167 Å². The number of nitrogens with zero attached hydrogens (tertiary/aromatic N) is 3. The van der Waals surface area contributed by atoms with Crippen LogP contribution in [0.4, 0.5) is 4.39 Å². The maximum atomic E-state index is 13.9. The summed E-state index contributed by atoms with van der Waals surface area (Å²) >= 11 is 5.89. The van der Waals surface area contributed by atoms with Crippen molar-refractivity contribution in [1.82, 2.24) is 14.4 Å². The van der Waals surface area contributed by atoms with E-state index in [-0.39, 0.29) is 10.8 Å². The third kappa shape index (κ3) is 3.43. The van der Waals surface area contributed by atoms with Crippen LogP contribution in [0.25, 0.3) is 11.4 Å². The fourth-order valence-electron chi connectivity index (χ4n) is 3.23. The maximum absolute atomic E-state index is 13.9. The van der Waals surface area contributed by atoms with Crippen LogP contribution < -0.4 is 0 Å². The predicted molar refractivity (Wildman–Crippen MR) is 102 cm³/mol. The highest BCUT2D eigenvalue weighted by atomic mass is 35.5. The molecule has 4 rings (SSSR count). The van der Waals surface area contributed by atoms with Crippen molar-refractivity contribution in [3.05, 3.63) is 64.8 Å². The SMILES string of the molecule is Cc1ccc(S(=O)(=O)N2CCCC2c2nc(-c3ccc(Cl)cc3)no2)cc1F. The molecule has 1 unspecified atom stereocenters. The minimum Gasteiger partial charge on any atom is -0.337 e. The topological polar surface area (TPSA) is 76.3 Å². The first-order valence-electron chi connectivity index (χ1n) is 8.74. The van der Waals surface area contributed by atoms with Crippen LogP contribution in [0.5, 0.6) is 0 Å². The molecule has 0 aliphatic carbocycles. The van der Waals surface area contributed by atoms with Gasteiger partial charge in [-0.05, 0) is 61.7 Å². The first kappa shape index (κ1) is 19.0. The van der Waals surface area contributed by atoms with Gasteiger partial charge in [0.2, 0.25) is 21.7 Å². The molecule has 28 heavy (non-hydrogen) atoms. The first-order valence-corrected chi connectivity index (χ1v) is 10.6. The summed E-state index contributed by atoms with van der Waals surface area (Å²) in [5.74, 6) is 0.0236. The van der Waals surface area contributed by atoms with E-state index in [1.165, 1.54) is 16.4 Å². The van der Waals surface area contributed by atoms with Crippen molar-refractivity contribution in [2.45, 2.75) is 30.7 Å². The van der Waals surface area contributed by atoms with Crippen molar-refractivity contribution < 1.29 is 17.3 Å². The van der Waals surface area contributed by atoms with Crippen LogP contribution in [0, 0.1) is 12.7 Å². The van der Waals surface area contributed by atoms with E-state index in [1.54, 1.807) is 31.2 Å². The molecular formula is C19H17ClFN3O3S. The number of sulfonamides is 1. The zero-order chi connectivity index (χ0) is 19.9. The van der Waals surface area contributed by atoms with Gasteiger partial charge in [0.05, 0.1) is 4.90 Å². The van der Waals surface area contributed by atoms with E-state index in [0.29, 0.717) is 41.4 Å². The number of hydrogen-bond donors (Lipinski definition) is 0. The van der Waals surface area contributed by atoms with Crippen LogP contribution in [-0.2, 0) is 10.0 Å². The molecule has 1 aliphatic rings. The zero-order valence-corrected chi connectivity index (χ0v) is 16.5. The van der Waals surface area contributed by atoms with E-state index >= 15 is 0 Å². The van der Waals surface area contributed by atoms with Crippen molar-refractivity contribution in [2.75, 3.05) is 6.54 Å². The minimum absolute atomic E-state index is 0.0834. The molecule has 1 aromatic heterocycles. The molecule has 2 aromatic carbocycles. The second-order valence-corrected chi connectivity index (χ2v) is 8.97. The van der Waals surface area contributed by atoms with Crippen LogP contribution in [-0.4, -0.2) is 29.4 Å². The molecule has 1 fully saturated rings. The lowest BCUT2D eigenvalue weighted by atomic mass is 10.2. The standard InChI is InChI=1S/C19H17ClFN3O3S/c1-12-4-9-15(11-16(12)21)28(25,26)24-10-2-3-17(24)19-22-18(23-27-19)13-5-7-14(20)8-6-13/h4-9,11,17H,2-3,10H2,1H3. The number of benzene rings is 2. The molecule has 0 radical (unpaired) electrons. The van der Waals surface area contributed by atoms with Crippen molar-refractivity contribution in [3.63, 3.8) is 0 Å². The minimum atomic E-state index is -3.89. The van der Waals surface area contributed by atoms with Gasteiger partial charge in [0.15, 0.2) is 0 Å². The predicted octanol–water partition coefficient (Wildman–Crippen LogP) is 4.36. The number of aryl methyl sites for hydroxylation is 1. The summed E-state index contributed by atoms with van der Waals surface area (Å²) in [5, 5.41) is 4.55. The Bertz CT molecular complexity index is 1120. The average Bonchev–Trinajstić information content (AvgIpc) is 3.33. The molecule has 0 amide bonds. The number of hydrogen-bond acceptors (Lipinski definition) is 5. The van der Waals surface area contributed by atoms with Gasteiger partial charge in [-0.25, -0.2) is 12.8 Å². The van der Waals surface area contributed by atoms with Gasteiger partial charge in [0, 0.05) is 17.1 Å². The lowest BCUT2D eigenvalue weighted by Crippen LogP contribution is -2.31. The summed E-state index contributed by atoms with van der Waals surface area (Å²) in [5.41, 5.74) is 1.11. The molecule has 1 atom stereocenters. The lowest BCUT2D eigenvalue weighted by Gasteiger charge is -2.21. The third-order valence-electron chi connectivity index (χ3n) is 4.78. The van der Waals surface area contributed by atoms with Gasteiger partial charge < -0.3 is 4.52 Å². The van der Waals surface area contributed by atoms with E-state index in [2.05, 4.69) is 10.1 Å². The molecule has 9 heteroatoms. The second kappa shape index (κ2) is 7.27. The Hall–Kier alpha value is -2.29. The molecule has 0 N–H and O–H groups in total. The Morgan fingerprint density at radius 2 is 1.96 bits per heavy atom. The van der Waals surface area contributed by atoms with Crippen LogP contribution in [0.1, 0.15) is 30.3 Å². The second-order valence-electron chi connectivity index (χ2n) is 6.65. The Morgan fingerprint density at radius 1 is 1.21 bits per heavy atom. The maximum Gasteiger partial charge on any atom is 0.245 e. The Morgan fingerprint density at radius 3 is 2.68 bits per heavy atom. The quantitative estimate of drug-likeness (QED) is 0.625. The molecule has 146 valence electrons. The lowest BCUT2D eigenvalue weighted by molar-refractivity contribution is 0.290. The number of halogens is 2. The molecular weight excluding hydrogens is 405 g/mol. The van der Waals surface area contributed by atoms with Gasteiger partial charge in [-0.15, -0.1) is 0 Å². The van der Waals surface area contributed by atoms with Crippen molar-refractivity contribution >= 4 is 21.6 Å². The average molecular weight is 422 g/mol. The normalized spacial score (nSPS) is 17.9. The van der Waals surface area contributed by atoms with Gasteiger partial charge >= 0.3 is 0 Å². The van der Waals surface area contributed by atoms with E-state index in [1.807, 2.05) is 0 Å². The molecule has 3 aromatic rings. The largest absolute Gasteiger partial charge is 0.337 e. The van der Waals surface area contributed by atoms with Crippen LogP contribution >= 0.6 is 11.6 Å². The molecule has 2 heterocycles. The van der Waals surface area contributed by atoms with Crippen molar-refractivity contribution in [2.24, 2.45) is 0 Å². The fourth-order valence-corrected chi connectivity index (χ4v) is 5.02.